The van der Waals surface area contributed by atoms with E-state index in [0.717, 1.165) is 36.6 Å². The van der Waals surface area contributed by atoms with E-state index < -0.39 is 6.04 Å². The van der Waals surface area contributed by atoms with Crippen LogP contribution in [0.4, 0.5) is 5.69 Å². The molecule has 0 radical (unpaired) electrons. The summed E-state index contributed by atoms with van der Waals surface area (Å²) >= 11 is 3.38. The Morgan fingerprint density at radius 2 is 1.77 bits per heavy atom. The fraction of sp³-hybridized carbons (Fsp3) is 0.375. The van der Waals surface area contributed by atoms with Gasteiger partial charge < -0.3 is 9.64 Å². The highest BCUT2D eigenvalue weighted by Gasteiger charge is 2.46. The van der Waals surface area contributed by atoms with Gasteiger partial charge in [0.1, 0.15) is 11.8 Å². The molecule has 1 atom stereocenters. The van der Waals surface area contributed by atoms with Crippen molar-refractivity contribution in [3.63, 3.8) is 0 Å². The third-order valence-corrected chi connectivity index (χ3v) is 6.59. The summed E-state index contributed by atoms with van der Waals surface area (Å²) in [6.07, 6.45) is 4.83. The van der Waals surface area contributed by atoms with Gasteiger partial charge in [-0.1, -0.05) is 41.3 Å². The first-order valence-corrected chi connectivity index (χ1v) is 11.4. The van der Waals surface area contributed by atoms with Gasteiger partial charge in [-0.2, -0.15) is 0 Å². The number of carbonyl (C=O) groups is 3. The normalized spacial score (nSPS) is 19.5. The number of carbonyl (C=O) groups excluding carboxylic acids is 3. The highest BCUT2D eigenvalue weighted by molar-refractivity contribution is 9.10. The second-order valence-corrected chi connectivity index (χ2v) is 8.92. The van der Waals surface area contributed by atoms with E-state index in [-0.39, 0.29) is 30.2 Å². The quantitative estimate of drug-likeness (QED) is 0.583. The van der Waals surface area contributed by atoms with Crippen LogP contribution in [0.15, 0.2) is 53.0 Å². The van der Waals surface area contributed by atoms with Gasteiger partial charge in [-0.3, -0.25) is 14.4 Å². The minimum Gasteiger partial charge on any atom is -0.497 e. The lowest BCUT2D eigenvalue weighted by molar-refractivity contribution is -0.123. The molecule has 6 nitrogen and oxygen atoms in total. The van der Waals surface area contributed by atoms with E-state index in [0.29, 0.717) is 17.0 Å². The zero-order valence-corrected chi connectivity index (χ0v) is 19.0. The number of rotatable bonds is 5. The highest BCUT2D eigenvalue weighted by atomic mass is 79.9. The van der Waals surface area contributed by atoms with Crippen molar-refractivity contribution >= 4 is 39.3 Å². The van der Waals surface area contributed by atoms with Crippen LogP contribution in [0.25, 0.3) is 0 Å². The van der Waals surface area contributed by atoms with Crippen LogP contribution < -0.4 is 9.64 Å². The van der Waals surface area contributed by atoms with Gasteiger partial charge >= 0.3 is 0 Å². The molecule has 7 heteroatoms. The molecular weight excluding hydrogens is 460 g/mol. The first kappa shape index (κ1) is 21.6. The van der Waals surface area contributed by atoms with Crippen molar-refractivity contribution in [2.75, 3.05) is 12.0 Å². The SMILES string of the molecule is COc1cccc(C(=O)N(C2CCCCC2)C2CC(=O)N(c3ccc(Br)cc3)C2=O)c1. The Kier molecular flexibility index (Phi) is 6.41. The average Bonchev–Trinajstić information content (AvgIpc) is 3.09. The lowest BCUT2D eigenvalue weighted by atomic mass is 9.92. The van der Waals surface area contributed by atoms with Crippen LogP contribution in [-0.2, 0) is 9.59 Å². The minimum atomic E-state index is -0.794. The molecule has 1 heterocycles. The Hall–Kier alpha value is -2.67. The minimum absolute atomic E-state index is 0.00110. The molecule has 162 valence electrons. The Morgan fingerprint density at radius 3 is 2.45 bits per heavy atom. The van der Waals surface area contributed by atoms with Crippen molar-refractivity contribution in [1.82, 2.24) is 4.90 Å². The summed E-state index contributed by atoms with van der Waals surface area (Å²) in [5, 5.41) is 0. The maximum atomic E-state index is 13.6. The maximum absolute atomic E-state index is 13.6. The molecule has 2 aromatic rings. The Labute approximate surface area is 190 Å². The lowest BCUT2D eigenvalue weighted by Crippen LogP contribution is -2.51. The molecular formula is C24H25BrN2O4. The van der Waals surface area contributed by atoms with Gasteiger partial charge in [-0.05, 0) is 55.3 Å². The van der Waals surface area contributed by atoms with Crippen LogP contribution in [0.3, 0.4) is 0 Å². The van der Waals surface area contributed by atoms with Crippen molar-refractivity contribution < 1.29 is 19.1 Å². The largest absolute Gasteiger partial charge is 0.497 e. The molecule has 2 aliphatic rings. The summed E-state index contributed by atoms with van der Waals surface area (Å²) < 4.78 is 6.14. The molecule has 0 spiro atoms. The fourth-order valence-electron chi connectivity index (χ4n) is 4.52. The number of nitrogens with zero attached hydrogens (tertiary/aromatic N) is 2. The Morgan fingerprint density at radius 1 is 1.06 bits per heavy atom. The summed E-state index contributed by atoms with van der Waals surface area (Å²) in [5.41, 5.74) is 0.991. The topological polar surface area (TPSA) is 66.9 Å². The van der Waals surface area contributed by atoms with Crippen LogP contribution >= 0.6 is 15.9 Å². The second kappa shape index (κ2) is 9.22. The van der Waals surface area contributed by atoms with Crippen LogP contribution in [0, 0.1) is 0 Å². The molecule has 3 amide bonds. The number of halogens is 1. The molecule has 2 aromatic carbocycles. The van der Waals surface area contributed by atoms with E-state index >= 15 is 0 Å². The van der Waals surface area contributed by atoms with E-state index in [1.165, 1.54) is 4.90 Å². The first-order valence-electron chi connectivity index (χ1n) is 10.6. The van der Waals surface area contributed by atoms with Crippen molar-refractivity contribution in [2.45, 2.75) is 50.6 Å². The molecule has 0 aromatic heterocycles. The zero-order valence-electron chi connectivity index (χ0n) is 17.4. The summed E-state index contributed by atoms with van der Waals surface area (Å²) in [6, 6.07) is 13.2. The molecule has 0 N–H and O–H groups in total. The molecule has 31 heavy (non-hydrogen) atoms. The highest BCUT2D eigenvalue weighted by Crippen LogP contribution is 2.33. The number of hydrogen-bond acceptors (Lipinski definition) is 4. The van der Waals surface area contributed by atoms with E-state index in [1.807, 2.05) is 0 Å². The second-order valence-electron chi connectivity index (χ2n) is 8.00. The molecule has 4 rings (SSSR count). The molecule has 1 aliphatic carbocycles. The molecule has 1 saturated heterocycles. The maximum Gasteiger partial charge on any atom is 0.257 e. The van der Waals surface area contributed by atoms with Gasteiger partial charge in [0.15, 0.2) is 0 Å². The zero-order chi connectivity index (χ0) is 22.0. The molecule has 2 fully saturated rings. The number of methoxy groups -OCH3 is 1. The van der Waals surface area contributed by atoms with E-state index in [1.54, 1.807) is 60.5 Å². The average molecular weight is 485 g/mol. The van der Waals surface area contributed by atoms with E-state index in [2.05, 4.69) is 15.9 Å². The smallest absolute Gasteiger partial charge is 0.257 e. The van der Waals surface area contributed by atoms with Crippen molar-refractivity contribution in [1.29, 1.82) is 0 Å². The summed E-state index contributed by atoms with van der Waals surface area (Å²) in [5.74, 6) is -0.264. The van der Waals surface area contributed by atoms with Gasteiger partial charge in [0.25, 0.3) is 11.8 Å². The first-order chi connectivity index (χ1) is 15.0. The molecule has 0 bridgehead atoms. The summed E-state index contributed by atoms with van der Waals surface area (Å²) in [6.45, 7) is 0. The monoisotopic (exact) mass is 484 g/mol. The van der Waals surface area contributed by atoms with Crippen LogP contribution in [-0.4, -0.2) is 41.8 Å². The van der Waals surface area contributed by atoms with Crippen LogP contribution in [0.1, 0.15) is 48.9 Å². The van der Waals surface area contributed by atoms with Gasteiger partial charge in [0.2, 0.25) is 5.91 Å². The molecule has 1 aliphatic heterocycles. The predicted molar refractivity (Wildman–Crippen MR) is 121 cm³/mol. The van der Waals surface area contributed by atoms with Gasteiger partial charge in [0, 0.05) is 16.1 Å². The van der Waals surface area contributed by atoms with Crippen LogP contribution in [0.2, 0.25) is 0 Å². The van der Waals surface area contributed by atoms with E-state index in [9.17, 15) is 14.4 Å². The number of imide groups is 1. The van der Waals surface area contributed by atoms with E-state index in [4.69, 9.17) is 4.74 Å². The fourth-order valence-corrected chi connectivity index (χ4v) is 4.79. The Bertz CT molecular complexity index is 985. The number of amides is 3. The predicted octanol–water partition coefficient (Wildman–Crippen LogP) is 4.56. The van der Waals surface area contributed by atoms with Crippen molar-refractivity contribution in [2.24, 2.45) is 0 Å². The molecule has 1 unspecified atom stereocenters. The summed E-state index contributed by atoms with van der Waals surface area (Å²) in [7, 11) is 1.55. The van der Waals surface area contributed by atoms with Crippen molar-refractivity contribution in [3.8, 4) is 5.75 Å². The standard InChI is InChI=1S/C24H25BrN2O4/c1-31-20-9-5-6-16(14-20)23(29)26(18-7-3-2-4-8-18)21-15-22(28)27(24(21)30)19-12-10-17(25)11-13-19/h5-6,9-14,18,21H,2-4,7-8,15H2,1H3. The molecule has 1 saturated carbocycles. The number of anilines is 1. The van der Waals surface area contributed by atoms with Crippen molar-refractivity contribution in [3.05, 3.63) is 58.6 Å². The van der Waals surface area contributed by atoms with Crippen LogP contribution in [0.5, 0.6) is 5.75 Å². The lowest BCUT2D eigenvalue weighted by Gasteiger charge is -2.37. The van der Waals surface area contributed by atoms with Gasteiger partial charge in [-0.25, -0.2) is 4.90 Å². The third kappa shape index (κ3) is 4.37. The summed E-state index contributed by atoms with van der Waals surface area (Å²) in [4.78, 5) is 42.8. The van der Waals surface area contributed by atoms with Gasteiger partial charge in [-0.15, -0.1) is 0 Å². The number of benzene rings is 2. The number of ether oxygens (including phenoxy) is 1. The number of hydrogen-bond donors (Lipinski definition) is 0. The van der Waals surface area contributed by atoms with Gasteiger partial charge in [0.05, 0.1) is 19.2 Å². The Balaban J connectivity index is 1.68. The third-order valence-electron chi connectivity index (χ3n) is 6.06.